The van der Waals surface area contributed by atoms with Crippen LogP contribution in [0.4, 0.5) is 5.69 Å². The molecule has 1 radical (unpaired) electrons. The topological polar surface area (TPSA) is 24.5 Å². The van der Waals surface area contributed by atoms with E-state index in [2.05, 4.69) is 11.7 Å². The highest BCUT2D eigenvalue weighted by Gasteiger charge is 2.05. The molecule has 0 spiro atoms. The van der Waals surface area contributed by atoms with Gasteiger partial charge in [-0.1, -0.05) is 23.8 Å². The van der Waals surface area contributed by atoms with Crippen molar-refractivity contribution < 1.29 is 4.84 Å². The summed E-state index contributed by atoms with van der Waals surface area (Å²) in [6, 6.07) is 10.7. The minimum Gasteiger partial charge on any atom is -0.395 e. The Labute approximate surface area is 64.8 Å². The van der Waals surface area contributed by atoms with Gasteiger partial charge in [-0.25, -0.2) is 5.01 Å². The van der Waals surface area contributed by atoms with E-state index >= 15 is 0 Å². The van der Waals surface area contributed by atoms with Gasteiger partial charge in [0.1, 0.15) is 6.26 Å². The number of para-hydroxylation sites is 1. The van der Waals surface area contributed by atoms with Gasteiger partial charge in [-0.15, -0.1) is 0 Å². The van der Waals surface area contributed by atoms with Crippen molar-refractivity contribution in [2.24, 2.45) is 0 Å². The molecule has 0 aromatic heterocycles. The van der Waals surface area contributed by atoms with Crippen LogP contribution in [-0.4, -0.2) is 0 Å². The Morgan fingerprint density at radius 3 is 3.09 bits per heavy atom. The van der Waals surface area contributed by atoms with Gasteiger partial charge < -0.3 is 4.84 Å². The van der Waals surface area contributed by atoms with Gasteiger partial charge in [-0.05, 0) is 6.07 Å². The van der Waals surface area contributed by atoms with Crippen molar-refractivity contribution in [1.82, 2.24) is 5.59 Å². The van der Waals surface area contributed by atoms with Crippen LogP contribution in [0.2, 0.25) is 0 Å². The third kappa shape index (κ3) is 1.18. The maximum absolute atomic E-state index is 4.79. The highest BCUT2D eigenvalue weighted by molar-refractivity contribution is 5.46. The number of benzene rings is 1. The van der Waals surface area contributed by atoms with Crippen LogP contribution in [0.3, 0.4) is 0 Å². The van der Waals surface area contributed by atoms with Crippen molar-refractivity contribution in [3.8, 4) is 0 Å². The molecule has 3 heteroatoms. The molecular weight excluding hydrogens is 140 g/mol. The molecule has 1 heterocycles. The molecule has 55 valence electrons. The summed E-state index contributed by atoms with van der Waals surface area (Å²) in [5.41, 5.74) is 3.60. The average molecular weight is 147 g/mol. The first-order valence-electron chi connectivity index (χ1n) is 3.31. The van der Waals surface area contributed by atoms with Crippen LogP contribution in [0.25, 0.3) is 0 Å². The lowest BCUT2D eigenvalue weighted by Crippen LogP contribution is -2.26. The average Bonchev–Trinajstić information content (AvgIpc) is 2.58. The standard InChI is InChI=1S/C8H7N2O/c1-2-4-8(5-3-1)10-6-7-11-9-10/h1-4,6-7,9H. The molecule has 0 saturated carbocycles. The third-order valence-corrected chi connectivity index (χ3v) is 1.38. The molecule has 0 saturated heterocycles. The molecule has 2 rings (SSSR count). The summed E-state index contributed by atoms with van der Waals surface area (Å²) >= 11 is 0. The van der Waals surface area contributed by atoms with Crippen LogP contribution in [0, 0.1) is 6.07 Å². The van der Waals surface area contributed by atoms with E-state index in [0.717, 1.165) is 5.69 Å². The van der Waals surface area contributed by atoms with Crippen LogP contribution in [0.5, 0.6) is 0 Å². The van der Waals surface area contributed by atoms with Gasteiger partial charge in [-0.2, -0.15) is 0 Å². The second kappa shape index (κ2) is 2.64. The molecule has 0 amide bonds. The van der Waals surface area contributed by atoms with Crippen molar-refractivity contribution in [3.63, 3.8) is 0 Å². The predicted octanol–water partition coefficient (Wildman–Crippen LogP) is 1.21. The number of hydrogen-bond donors (Lipinski definition) is 1. The zero-order chi connectivity index (χ0) is 7.52. The summed E-state index contributed by atoms with van der Waals surface area (Å²) in [4.78, 5) is 4.79. The monoisotopic (exact) mass is 147 g/mol. The van der Waals surface area contributed by atoms with E-state index in [4.69, 9.17) is 4.84 Å². The van der Waals surface area contributed by atoms with Gasteiger partial charge in [0.05, 0.1) is 11.9 Å². The fourth-order valence-corrected chi connectivity index (χ4v) is 0.872. The second-order valence-electron chi connectivity index (χ2n) is 2.11. The van der Waals surface area contributed by atoms with Crippen molar-refractivity contribution in [1.29, 1.82) is 0 Å². The molecule has 1 aliphatic heterocycles. The van der Waals surface area contributed by atoms with Gasteiger partial charge in [0, 0.05) is 6.07 Å². The van der Waals surface area contributed by atoms with Crippen LogP contribution in [-0.2, 0) is 4.84 Å². The Balaban J connectivity index is 2.23. The largest absolute Gasteiger partial charge is 0.395 e. The Bertz CT molecular complexity index is 258. The maximum atomic E-state index is 4.79. The summed E-state index contributed by atoms with van der Waals surface area (Å²) < 4.78 is 0. The normalized spacial score (nSPS) is 15.1. The van der Waals surface area contributed by atoms with E-state index in [1.807, 2.05) is 24.3 Å². The zero-order valence-electron chi connectivity index (χ0n) is 5.82. The summed E-state index contributed by atoms with van der Waals surface area (Å²) in [5, 5.41) is 1.74. The molecule has 1 aliphatic rings. The van der Waals surface area contributed by atoms with Gasteiger partial charge >= 0.3 is 0 Å². The molecule has 0 bridgehead atoms. The van der Waals surface area contributed by atoms with Crippen LogP contribution in [0.15, 0.2) is 36.7 Å². The lowest BCUT2D eigenvalue weighted by Gasteiger charge is -2.12. The lowest BCUT2D eigenvalue weighted by atomic mass is 10.3. The highest BCUT2D eigenvalue weighted by atomic mass is 16.7. The fraction of sp³-hybridized carbons (Fsp3) is 0. The Hall–Kier alpha value is -1.48. The number of anilines is 1. The first kappa shape index (κ1) is 6.24. The fourth-order valence-electron chi connectivity index (χ4n) is 0.872. The summed E-state index contributed by atoms with van der Waals surface area (Å²) in [6.07, 6.45) is 3.35. The lowest BCUT2D eigenvalue weighted by molar-refractivity contribution is 0.159. The Morgan fingerprint density at radius 1 is 1.45 bits per heavy atom. The predicted molar refractivity (Wildman–Crippen MR) is 41.1 cm³/mol. The SMILES string of the molecule is [c]1ccccc1N1C=CON1. The van der Waals surface area contributed by atoms with Gasteiger partial charge in [0.2, 0.25) is 0 Å². The molecule has 1 aromatic carbocycles. The number of rotatable bonds is 1. The molecule has 0 fully saturated rings. The number of nitrogens with zero attached hydrogens (tertiary/aromatic N) is 1. The first-order valence-corrected chi connectivity index (χ1v) is 3.31. The van der Waals surface area contributed by atoms with E-state index in [1.165, 1.54) is 0 Å². The van der Waals surface area contributed by atoms with Gasteiger partial charge in [0.25, 0.3) is 0 Å². The minimum atomic E-state index is 0.932. The van der Waals surface area contributed by atoms with Crippen LogP contribution in [0.1, 0.15) is 0 Å². The van der Waals surface area contributed by atoms with Crippen molar-refractivity contribution in [2.75, 3.05) is 5.01 Å². The first-order chi connectivity index (χ1) is 5.47. The van der Waals surface area contributed by atoms with Crippen molar-refractivity contribution >= 4 is 5.69 Å². The molecule has 1 aromatic rings. The quantitative estimate of drug-likeness (QED) is 0.646. The maximum Gasteiger partial charge on any atom is 0.131 e. The Morgan fingerprint density at radius 2 is 2.45 bits per heavy atom. The van der Waals surface area contributed by atoms with Gasteiger partial charge in [-0.3, -0.25) is 0 Å². The van der Waals surface area contributed by atoms with E-state index in [9.17, 15) is 0 Å². The smallest absolute Gasteiger partial charge is 0.131 e. The van der Waals surface area contributed by atoms with Crippen LogP contribution < -0.4 is 10.6 Å². The van der Waals surface area contributed by atoms with Crippen LogP contribution >= 0.6 is 0 Å². The third-order valence-electron chi connectivity index (χ3n) is 1.38. The highest BCUT2D eigenvalue weighted by Crippen LogP contribution is 2.12. The molecule has 1 N–H and O–H groups in total. The number of nitrogens with one attached hydrogen (secondary N) is 1. The summed E-state index contributed by atoms with van der Waals surface area (Å²) in [5.74, 6) is 0. The van der Waals surface area contributed by atoms with Crippen molar-refractivity contribution in [2.45, 2.75) is 0 Å². The number of hydrogen-bond acceptors (Lipinski definition) is 3. The molecule has 0 atom stereocenters. The van der Waals surface area contributed by atoms with E-state index in [-0.39, 0.29) is 0 Å². The second-order valence-corrected chi connectivity index (χ2v) is 2.11. The molecule has 0 aliphatic carbocycles. The molecular formula is C8H7N2O. The minimum absolute atomic E-state index is 0.932. The van der Waals surface area contributed by atoms with E-state index in [0.29, 0.717) is 0 Å². The summed E-state index contributed by atoms with van der Waals surface area (Å²) in [6.45, 7) is 0. The molecule has 0 unspecified atom stereocenters. The van der Waals surface area contributed by atoms with Crippen molar-refractivity contribution in [3.05, 3.63) is 42.8 Å². The Kier molecular flexibility index (Phi) is 1.50. The van der Waals surface area contributed by atoms with E-state index < -0.39 is 0 Å². The molecule has 11 heavy (non-hydrogen) atoms. The van der Waals surface area contributed by atoms with E-state index in [1.54, 1.807) is 17.5 Å². The van der Waals surface area contributed by atoms with Gasteiger partial charge in [0.15, 0.2) is 0 Å². The molecule has 3 nitrogen and oxygen atoms in total. The zero-order valence-corrected chi connectivity index (χ0v) is 5.82. The number of hydrazine groups is 1. The summed E-state index contributed by atoms with van der Waals surface area (Å²) in [7, 11) is 0.